The highest BCUT2D eigenvalue weighted by Gasteiger charge is 2.26. The van der Waals surface area contributed by atoms with E-state index in [9.17, 15) is 0 Å². The lowest BCUT2D eigenvalue weighted by molar-refractivity contribution is 0.389. The third kappa shape index (κ3) is 2.31. The van der Waals surface area contributed by atoms with Gasteiger partial charge in [-0.1, -0.05) is 12.1 Å². The molecule has 4 heteroatoms. The fraction of sp³-hybridized carbons (Fsp3) is 0.438. The van der Waals surface area contributed by atoms with E-state index in [4.69, 9.17) is 16.3 Å². The molecule has 1 aromatic carbocycles. The molecule has 3 rings (SSSR count). The van der Waals surface area contributed by atoms with Gasteiger partial charge in [0.05, 0.1) is 7.11 Å². The minimum Gasteiger partial charge on any atom is -0.496 e. The Hall–Kier alpha value is -1.48. The van der Waals surface area contributed by atoms with Crippen LogP contribution in [0.25, 0.3) is 10.8 Å². The van der Waals surface area contributed by atoms with Gasteiger partial charge in [0.2, 0.25) is 0 Å². The van der Waals surface area contributed by atoms with Crippen LogP contribution in [0.2, 0.25) is 0 Å². The Balaban J connectivity index is 2.09. The first-order chi connectivity index (χ1) is 9.85. The second-order valence-corrected chi connectivity index (χ2v) is 5.54. The number of aromatic nitrogens is 1. The molecule has 0 aliphatic heterocycles. The molecular formula is C16H19ClN2O. The molecule has 1 heterocycles. The molecule has 0 bridgehead atoms. The summed E-state index contributed by atoms with van der Waals surface area (Å²) in [4.78, 5) is 6.98. The first-order valence-corrected chi connectivity index (χ1v) is 7.63. The Morgan fingerprint density at radius 1 is 1.30 bits per heavy atom. The van der Waals surface area contributed by atoms with Gasteiger partial charge in [0, 0.05) is 35.4 Å². The number of rotatable bonds is 5. The summed E-state index contributed by atoms with van der Waals surface area (Å²) in [5.41, 5.74) is 0. The molecule has 20 heavy (non-hydrogen) atoms. The van der Waals surface area contributed by atoms with Crippen LogP contribution < -0.4 is 9.64 Å². The maximum atomic E-state index is 5.99. The molecular weight excluding hydrogens is 272 g/mol. The molecule has 1 aliphatic rings. The lowest BCUT2D eigenvalue weighted by atomic mass is 9.91. The summed E-state index contributed by atoms with van der Waals surface area (Å²) in [5, 5.41) is 2.25. The summed E-state index contributed by atoms with van der Waals surface area (Å²) in [5.74, 6) is 2.55. The number of halogens is 1. The van der Waals surface area contributed by atoms with Crippen molar-refractivity contribution in [3.63, 3.8) is 0 Å². The summed E-state index contributed by atoms with van der Waals surface area (Å²) in [6.07, 6.45) is 5.63. The van der Waals surface area contributed by atoms with E-state index in [-0.39, 0.29) is 0 Å². The van der Waals surface area contributed by atoms with Crippen LogP contribution >= 0.6 is 11.6 Å². The van der Waals surface area contributed by atoms with Gasteiger partial charge in [0.15, 0.2) is 0 Å². The number of methoxy groups -OCH3 is 1. The van der Waals surface area contributed by atoms with E-state index in [2.05, 4.69) is 16.0 Å². The van der Waals surface area contributed by atoms with Crippen LogP contribution in [0, 0.1) is 0 Å². The van der Waals surface area contributed by atoms with Gasteiger partial charge in [0.1, 0.15) is 11.6 Å². The van der Waals surface area contributed by atoms with Crippen LogP contribution in [0.15, 0.2) is 30.5 Å². The van der Waals surface area contributed by atoms with Gasteiger partial charge in [-0.2, -0.15) is 0 Å². The number of pyridine rings is 1. The molecule has 106 valence electrons. The first-order valence-electron chi connectivity index (χ1n) is 7.09. The van der Waals surface area contributed by atoms with E-state index >= 15 is 0 Å². The molecule has 2 aromatic rings. The Morgan fingerprint density at radius 2 is 2.15 bits per heavy atom. The topological polar surface area (TPSA) is 25.4 Å². The fourth-order valence-electron chi connectivity index (χ4n) is 2.82. The van der Waals surface area contributed by atoms with E-state index in [1.54, 1.807) is 7.11 Å². The minimum absolute atomic E-state index is 0.582. The smallest absolute Gasteiger partial charge is 0.136 e. The summed E-state index contributed by atoms with van der Waals surface area (Å²) < 4.78 is 5.45. The lowest BCUT2D eigenvalue weighted by Gasteiger charge is -2.38. The highest BCUT2D eigenvalue weighted by molar-refractivity contribution is 6.18. The normalized spacial score (nSPS) is 15.1. The number of nitrogens with zero attached hydrogens (tertiary/aromatic N) is 2. The molecule has 3 nitrogen and oxygen atoms in total. The largest absolute Gasteiger partial charge is 0.496 e. The van der Waals surface area contributed by atoms with Crippen LogP contribution in [0.5, 0.6) is 5.75 Å². The quantitative estimate of drug-likeness (QED) is 0.782. The maximum Gasteiger partial charge on any atom is 0.136 e. The second kappa shape index (κ2) is 5.88. The lowest BCUT2D eigenvalue weighted by Crippen LogP contribution is -2.42. The zero-order valence-electron chi connectivity index (χ0n) is 11.7. The van der Waals surface area contributed by atoms with Crippen molar-refractivity contribution in [2.45, 2.75) is 25.3 Å². The molecule has 0 atom stereocenters. The Morgan fingerprint density at radius 3 is 2.80 bits per heavy atom. The summed E-state index contributed by atoms with van der Waals surface area (Å²) in [6.45, 7) is 0.843. The number of alkyl halides is 1. The van der Waals surface area contributed by atoms with Gasteiger partial charge >= 0.3 is 0 Å². The Bertz CT molecular complexity index is 598. The molecule has 0 amide bonds. The van der Waals surface area contributed by atoms with Gasteiger partial charge in [-0.15, -0.1) is 11.6 Å². The predicted octanol–water partition coefficient (Wildman–Crippen LogP) is 3.84. The number of hydrogen-bond acceptors (Lipinski definition) is 3. The molecule has 0 unspecified atom stereocenters. The van der Waals surface area contributed by atoms with Crippen LogP contribution in [0.3, 0.4) is 0 Å². The highest BCUT2D eigenvalue weighted by atomic mass is 35.5. The molecule has 0 spiro atoms. The zero-order chi connectivity index (χ0) is 13.9. The second-order valence-electron chi connectivity index (χ2n) is 5.16. The predicted molar refractivity (Wildman–Crippen MR) is 84.0 cm³/mol. The number of anilines is 1. The van der Waals surface area contributed by atoms with Crippen molar-refractivity contribution in [2.75, 3.05) is 24.4 Å². The van der Waals surface area contributed by atoms with Gasteiger partial charge in [-0.05, 0) is 31.4 Å². The van der Waals surface area contributed by atoms with E-state index in [1.807, 2.05) is 24.4 Å². The molecule has 0 N–H and O–H groups in total. The maximum absolute atomic E-state index is 5.99. The van der Waals surface area contributed by atoms with E-state index in [1.165, 1.54) is 19.3 Å². The van der Waals surface area contributed by atoms with Gasteiger partial charge in [-0.25, -0.2) is 4.98 Å². The average molecular weight is 291 g/mol. The Kier molecular flexibility index (Phi) is 3.97. The number of hydrogen-bond donors (Lipinski definition) is 0. The standard InChI is InChI=1S/C16H19ClN2O/c1-20-15-7-3-6-14-13(15)8-10-18-16(14)19(11-9-17)12-4-2-5-12/h3,6-8,10,12H,2,4-5,9,11H2,1H3. The van der Waals surface area contributed by atoms with E-state index in [0.29, 0.717) is 11.9 Å². The van der Waals surface area contributed by atoms with E-state index < -0.39 is 0 Å². The van der Waals surface area contributed by atoms with Crippen molar-refractivity contribution < 1.29 is 4.74 Å². The summed E-state index contributed by atoms with van der Waals surface area (Å²) in [6, 6.07) is 8.71. The third-order valence-corrected chi connectivity index (χ3v) is 4.25. The molecule has 0 saturated heterocycles. The van der Waals surface area contributed by atoms with Crippen molar-refractivity contribution in [3.05, 3.63) is 30.5 Å². The zero-order valence-corrected chi connectivity index (χ0v) is 12.4. The first kappa shape index (κ1) is 13.5. The minimum atomic E-state index is 0.582. The van der Waals surface area contributed by atoms with Crippen molar-refractivity contribution in [2.24, 2.45) is 0 Å². The van der Waals surface area contributed by atoms with Crippen molar-refractivity contribution in [1.82, 2.24) is 4.98 Å². The van der Waals surface area contributed by atoms with Gasteiger partial charge in [0.25, 0.3) is 0 Å². The summed E-state index contributed by atoms with van der Waals surface area (Å²) >= 11 is 5.99. The van der Waals surface area contributed by atoms with Crippen molar-refractivity contribution in [3.8, 4) is 5.75 Å². The number of ether oxygens (including phenoxy) is 1. The highest BCUT2D eigenvalue weighted by Crippen LogP contribution is 2.35. The SMILES string of the molecule is COc1cccc2c(N(CCCl)C3CCC3)nccc12. The van der Waals surface area contributed by atoms with Gasteiger partial charge < -0.3 is 9.64 Å². The van der Waals surface area contributed by atoms with Gasteiger partial charge in [-0.3, -0.25) is 0 Å². The number of benzene rings is 1. The molecule has 1 fully saturated rings. The molecule has 1 aliphatic carbocycles. The number of fused-ring (bicyclic) bond motifs is 1. The monoisotopic (exact) mass is 290 g/mol. The van der Waals surface area contributed by atoms with Crippen molar-refractivity contribution >= 4 is 28.2 Å². The Labute approximate surface area is 124 Å². The molecule has 0 radical (unpaired) electrons. The molecule has 1 aromatic heterocycles. The van der Waals surface area contributed by atoms with Crippen LogP contribution in [-0.2, 0) is 0 Å². The van der Waals surface area contributed by atoms with Crippen LogP contribution in [0.4, 0.5) is 5.82 Å². The molecule has 1 saturated carbocycles. The van der Waals surface area contributed by atoms with E-state index in [0.717, 1.165) is 28.9 Å². The fourth-order valence-corrected chi connectivity index (χ4v) is 3.00. The van der Waals surface area contributed by atoms with Crippen LogP contribution in [-0.4, -0.2) is 30.6 Å². The average Bonchev–Trinajstić information content (AvgIpc) is 2.43. The summed E-state index contributed by atoms with van der Waals surface area (Å²) in [7, 11) is 1.71. The third-order valence-electron chi connectivity index (χ3n) is 4.08. The van der Waals surface area contributed by atoms with Crippen molar-refractivity contribution in [1.29, 1.82) is 0 Å². The van der Waals surface area contributed by atoms with Crippen LogP contribution in [0.1, 0.15) is 19.3 Å².